The number of nitrogens with one attached hydrogen (secondary N) is 1. The molecule has 1 fully saturated rings. The number of carboxylic acids is 1. The Kier molecular flexibility index (Phi) is 3.79. The average molecular weight is 249 g/mol. The van der Waals surface area contributed by atoms with Gasteiger partial charge in [-0.05, 0) is 24.7 Å². The summed E-state index contributed by atoms with van der Waals surface area (Å²) in [7, 11) is 0. The summed E-state index contributed by atoms with van der Waals surface area (Å²) < 4.78 is 0. The normalized spacial score (nSPS) is 27.1. The minimum atomic E-state index is -1.04. The van der Waals surface area contributed by atoms with Crippen LogP contribution in [0.25, 0.3) is 0 Å². The van der Waals surface area contributed by atoms with Crippen LogP contribution in [0.1, 0.15) is 43.6 Å². The molecule has 0 aliphatic heterocycles. The highest BCUT2D eigenvalue weighted by Gasteiger charge is 2.31. The molecule has 0 amide bonds. The molecular formula is C13H19N3O2. The fourth-order valence-corrected chi connectivity index (χ4v) is 2.76. The molecule has 0 saturated heterocycles. The highest BCUT2D eigenvalue weighted by molar-refractivity contribution is 5.85. The Morgan fingerprint density at radius 3 is 2.89 bits per heavy atom. The molecule has 0 spiro atoms. The molecule has 98 valence electrons. The van der Waals surface area contributed by atoms with Crippen LogP contribution >= 0.6 is 0 Å². The van der Waals surface area contributed by atoms with Gasteiger partial charge in [0.15, 0.2) is 5.69 Å². The third kappa shape index (κ3) is 2.60. The predicted molar refractivity (Wildman–Crippen MR) is 68.6 cm³/mol. The van der Waals surface area contributed by atoms with Crippen LogP contribution < -0.4 is 5.32 Å². The van der Waals surface area contributed by atoms with Crippen molar-refractivity contribution in [2.75, 3.05) is 5.32 Å². The molecule has 3 unspecified atom stereocenters. The van der Waals surface area contributed by atoms with E-state index in [9.17, 15) is 4.79 Å². The summed E-state index contributed by atoms with van der Waals surface area (Å²) in [5.74, 6) is 0.851. The molecule has 1 aliphatic carbocycles. The van der Waals surface area contributed by atoms with Crippen molar-refractivity contribution >= 4 is 11.8 Å². The number of anilines is 1. The van der Waals surface area contributed by atoms with E-state index in [2.05, 4.69) is 29.1 Å². The first kappa shape index (κ1) is 12.8. The van der Waals surface area contributed by atoms with Crippen LogP contribution in [0.3, 0.4) is 0 Å². The fourth-order valence-electron chi connectivity index (χ4n) is 2.76. The van der Waals surface area contributed by atoms with E-state index in [1.165, 1.54) is 19.0 Å². The van der Waals surface area contributed by atoms with Crippen molar-refractivity contribution in [3.8, 4) is 0 Å². The third-order valence-electron chi connectivity index (χ3n) is 3.94. The van der Waals surface area contributed by atoms with Gasteiger partial charge in [-0.3, -0.25) is 4.98 Å². The van der Waals surface area contributed by atoms with E-state index >= 15 is 0 Å². The van der Waals surface area contributed by atoms with Gasteiger partial charge in [0, 0.05) is 6.04 Å². The molecule has 3 atom stereocenters. The monoisotopic (exact) mass is 249 g/mol. The number of nitrogens with zero attached hydrogens (tertiary/aromatic N) is 2. The molecule has 0 bridgehead atoms. The molecule has 1 aromatic heterocycles. The lowest BCUT2D eigenvalue weighted by Crippen LogP contribution is -2.25. The van der Waals surface area contributed by atoms with Crippen molar-refractivity contribution in [2.24, 2.45) is 11.8 Å². The van der Waals surface area contributed by atoms with E-state index < -0.39 is 5.97 Å². The molecule has 0 aromatic carbocycles. The molecule has 1 aromatic rings. The zero-order chi connectivity index (χ0) is 13.1. The number of hydrogen-bond donors (Lipinski definition) is 2. The summed E-state index contributed by atoms with van der Waals surface area (Å²) >= 11 is 0. The first-order valence-electron chi connectivity index (χ1n) is 6.43. The van der Waals surface area contributed by atoms with Crippen LogP contribution in [0.4, 0.5) is 5.82 Å². The number of carboxylic acid groups (broad SMARTS) is 1. The lowest BCUT2D eigenvalue weighted by Gasteiger charge is -2.21. The van der Waals surface area contributed by atoms with E-state index in [0.29, 0.717) is 17.8 Å². The van der Waals surface area contributed by atoms with Crippen molar-refractivity contribution in [3.63, 3.8) is 0 Å². The fraction of sp³-hybridized carbons (Fsp3) is 0.615. The minimum absolute atomic E-state index is 0.0160. The highest BCUT2D eigenvalue weighted by Crippen LogP contribution is 2.35. The molecule has 0 radical (unpaired) electrons. The van der Waals surface area contributed by atoms with Gasteiger partial charge in [0.25, 0.3) is 0 Å². The molecule has 5 heteroatoms. The minimum Gasteiger partial charge on any atom is -0.476 e. The molecule has 5 nitrogen and oxygen atoms in total. The Bertz CT molecular complexity index is 436. The highest BCUT2D eigenvalue weighted by atomic mass is 16.4. The van der Waals surface area contributed by atoms with Gasteiger partial charge in [0.2, 0.25) is 0 Å². The van der Waals surface area contributed by atoms with Crippen molar-refractivity contribution in [2.45, 2.75) is 39.2 Å². The second kappa shape index (κ2) is 5.33. The Morgan fingerprint density at radius 2 is 2.28 bits per heavy atom. The second-order valence-electron chi connectivity index (χ2n) is 4.95. The van der Waals surface area contributed by atoms with E-state index in [1.807, 2.05) is 0 Å². The standard InChI is InChI=1S/C13H19N3O2/c1-3-9-4-5-10(8(9)2)15-12-7-14-6-11(16-12)13(17)18/h6-10H,3-5H2,1-2H3,(H,15,16)(H,17,18). The van der Waals surface area contributed by atoms with Crippen LogP contribution in [0.15, 0.2) is 12.4 Å². The van der Waals surface area contributed by atoms with Gasteiger partial charge in [-0.15, -0.1) is 0 Å². The summed E-state index contributed by atoms with van der Waals surface area (Å²) in [6.07, 6.45) is 6.37. The molecular weight excluding hydrogens is 230 g/mol. The number of hydrogen-bond acceptors (Lipinski definition) is 4. The summed E-state index contributed by atoms with van der Waals surface area (Å²) in [4.78, 5) is 18.8. The zero-order valence-electron chi connectivity index (χ0n) is 10.8. The van der Waals surface area contributed by atoms with Gasteiger partial charge in [0.1, 0.15) is 5.82 Å². The van der Waals surface area contributed by atoms with E-state index in [4.69, 9.17) is 5.11 Å². The molecule has 1 heterocycles. The van der Waals surface area contributed by atoms with Crippen LogP contribution in [0.5, 0.6) is 0 Å². The Balaban J connectivity index is 2.06. The van der Waals surface area contributed by atoms with Gasteiger partial charge in [0.05, 0.1) is 12.4 Å². The van der Waals surface area contributed by atoms with Crippen molar-refractivity contribution in [1.29, 1.82) is 0 Å². The van der Waals surface area contributed by atoms with E-state index in [1.54, 1.807) is 6.20 Å². The van der Waals surface area contributed by atoms with Crippen molar-refractivity contribution in [1.82, 2.24) is 9.97 Å². The maximum absolute atomic E-state index is 10.8. The molecule has 2 rings (SSSR count). The molecule has 2 N–H and O–H groups in total. The number of aromatic carboxylic acids is 1. The largest absolute Gasteiger partial charge is 0.476 e. The quantitative estimate of drug-likeness (QED) is 0.857. The van der Waals surface area contributed by atoms with Crippen molar-refractivity contribution in [3.05, 3.63) is 18.1 Å². The predicted octanol–water partition coefficient (Wildman–Crippen LogP) is 2.41. The Hall–Kier alpha value is -1.65. The van der Waals surface area contributed by atoms with E-state index in [0.717, 1.165) is 12.3 Å². The second-order valence-corrected chi connectivity index (χ2v) is 4.95. The maximum atomic E-state index is 10.8. The number of rotatable bonds is 4. The third-order valence-corrected chi connectivity index (χ3v) is 3.94. The van der Waals surface area contributed by atoms with Crippen molar-refractivity contribution < 1.29 is 9.90 Å². The lowest BCUT2D eigenvalue weighted by atomic mass is 9.93. The summed E-state index contributed by atoms with van der Waals surface area (Å²) in [6.45, 7) is 4.46. The Morgan fingerprint density at radius 1 is 1.50 bits per heavy atom. The SMILES string of the molecule is CCC1CCC(Nc2cncc(C(=O)O)n2)C1C. The van der Waals surface area contributed by atoms with Crippen LogP contribution in [-0.2, 0) is 0 Å². The summed E-state index contributed by atoms with van der Waals surface area (Å²) in [5.41, 5.74) is -0.0160. The van der Waals surface area contributed by atoms with Crippen LogP contribution in [0, 0.1) is 11.8 Å². The average Bonchev–Trinajstić information content (AvgIpc) is 2.71. The van der Waals surface area contributed by atoms with Gasteiger partial charge in [-0.25, -0.2) is 9.78 Å². The lowest BCUT2D eigenvalue weighted by molar-refractivity contribution is 0.0690. The van der Waals surface area contributed by atoms with Gasteiger partial charge in [-0.2, -0.15) is 0 Å². The molecule has 18 heavy (non-hydrogen) atoms. The van der Waals surface area contributed by atoms with Gasteiger partial charge in [-0.1, -0.05) is 20.3 Å². The van der Waals surface area contributed by atoms with Crippen LogP contribution in [0.2, 0.25) is 0 Å². The maximum Gasteiger partial charge on any atom is 0.356 e. The smallest absolute Gasteiger partial charge is 0.356 e. The topological polar surface area (TPSA) is 75.1 Å². The first-order valence-corrected chi connectivity index (χ1v) is 6.43. The molecule has 1 aliphatic rings. The van der Waals surface area contributed by atoms with Gasteiger partial charge >= 0.3 is 5.97 Å². The van der Waals surface area contributed by atoms with E-state index in [-0.39, 0.29) is 5.69 Å². The summed E-state index contributed by atoms with van der Waals surface area (Å²) in [6, 6.07) is 0.369. The zero-order valence-corrected chi connectivity index (χ0v) is 10.8. The van der Waals surface area contributed by atoms with Crippen LogP contribution in [-0.4, -0.2) is 27.1 Å². The van der Waals surface area contributed by atoms with Gasteiger partial charge < -0.3 is 10.4 Å². The first-order chi connectivity index (χ1) is 8.61. The summed E-state index contributed by atoms with van der Waals surface area (Å²) in [5, 5.41) is 12.2. The number of aromatic nitrogens is 2. The molecule has 1 saturated carbocycles. The number of carbonyl (C=O) groups is 1. The Labute approximate surface area is 107 Å².